The van der Waals surface area contributed by atoms with Gasteiger partial charge in [0.05, 0.1) is 16.5 Å². The fraction of sp³-hybridized carbons (Fsp3) is 0.400. The van der Waals surface area contributed by atoms with E-state index in [1.165, 1.54) is 6.26 Å². The fourth-order valence-corrected chi connectivity index (χ4v) is 4.08. The van der Waals surface area contributed by atoms with Gasteiger partial charge in [0.1, 0.15) is 5.82 Å². The summed E-state index contributed by atoms with van der Waals surface area (Å²) >= 11 is 6.27. The zero-order valence-electron chi connectivity index (χ0n) is 17.0. The number of hydrogen-bond acceptors (Lipinski definition) is 5. The Kier molecular flexibility index (Phi) is 9.17. The highest BCUT2D eigenvalue weighted by molar-refractivity contribution is 14.0. The molecular formula is C20H27ClIN5O2S. The fourth-order valence-electron chi connectivity index (χ4n) is 3.21. The van der Waals surface area contributed by atoms with Gasteiger partial charge in [-0.2, -0.15) is 0 Å². The van der Waals surface area contributed by atoms with Crippen molar-refractivity contribution in [2.75, 3.05) is 30.8 Å². The second-order valence-corrected chi connectivity index (χ2v) is 9.42. The Bertz CT molecular complexity index is 969. The summed E-state index contributed by atoms with van der Waals surface area (Å²) in [6.45, 7) is 4.90. The summed E-state index contributed by atoms with van der Waals surface area (Å²) in [5, 5.41) is 7.40. The summed E-state index contributed by atoms with van der Waals surface area (Å²) in [6.07, 6.45) is 3.92. The van der Waals surface area contributed by atoms with E-state index in [1.54, 1.807) is 30.5 Å². The van der Waals surface area contributed by atoms with Crippen molar-refractivity contribution in [3.05, 3.63) is 53.2 Å². The highest BCUT2D eigenvalue weighted by Gasteiger charge is 2.25. The summed E-state index contributed by atoms with van der Waals surface area (Å²) in [5.41, 5.74) is 0.947. The molecule has 0 aliphatic carbocycles. The van der Waals surface area contributed by atoms with E-state index in [2.05, 4.69) is 25.5 Å². The van der Waals surface area contributed by atoms with Gasteiger partial charge in [-0.1, -0.05) is 23.7 Å². The van der Waals surface area contributed by atoms with Gasteiger partial charge in [0.25, 0.3) is 0 Å². The van der Waals surface area contributed by atoms with E-state index in [4.69, 9.17) is 11.6 Å². The van der Waals surface area contributed by atoms with Gasteiger partial charge in [-0.15, -0.1) is 24.0 Å². The first-order chi connectivity index (χ1) is 13.9. The number of nitrogens with one attached hydrogen (secondary N) is 2. The first kappa shape index (κ1) is 24.7. The maximum absolute atomic E-state index is 11.6. The molecule has 10 heteroatoms. The van der Waals surface area contributed by atoms with Crippen LogP contribution in [0.2, 0.25) is 5.02 Å². The van der Waals surface area contributed by atoms with Gasteiger partial charge in [0.2, 0.25) is 0 Å². The van der Waals surface area contributed by atoms with Crippen molar-refractivity contribution < 1.29 is 8.42 Å². The van der Waals surface area contributed by atoms with E-state index in [0.29, 0.717) is 16.5 Å². The smallest absolute Gasteiger partial charge is 0.191 e. The van der Waals surface area contributed by atoms with E-state index >= 15 is 0 Å². The molecule has 30 heavy (non-hydrogen) atoms. The summed E-state index contributed by atoms with van der Waals surface area (Å²) in [6, 6.07) is 10.7. The van der Waals surface area contributed by atoms with Crippen LogP contribution in [0.25, 0.3) is 0 Å². The van der Waals surface area contributed by atoms with Crippen LogP contribution in [0, 0.1) is 0 Å². The monoisotopic (exact) mass is 563 g/mol. The molecule has 1 aromatic heterocycles. The highest BCUT2D eigenvalue weighted by Crippen LogP contribution is 2.25. The first-order valence-electron chi connectivity index (χ1n) is 9.56. The zero-order chi connectivity index (χ0) is 20.9. The number of hydrogen-bond donors (Lipinski definition) is 2. The molecule has 0 bridgehead atoms. The molecule has 1 aliphatic rings. The Morgan fingerprint density at radius 2 is 2.03 bits per heavy atom. The van der Waals surface area contributed by atoms with Gasteiger partial charge in [-0.05, 0) is 43.2 Å². The Morgan fingerprint density at radius 1 is 1.30 bits per heavy atom. The average Bonchev–Trinajstić information content (AvgIpc) is 3.14. The van der Waals surface area contributed by atoms with Crippen LogP contribution in [0.5, 0.6) is 0 Å². The zero-order valence-corrected chi connectivity index (χ0v) is 20.9. The predicted molar refractivity (Wildman–Crippen MR) is 133 cm³/mol. The van der Waals surface area contributed by atoms with Crippen LogP contribution in [-0.4, -0.2) is 51.3 Å². The lowest BCUT2D eigenvalue weighted by atomic mass is 10.2. The van der Waals surface area contributed by atoms with Crippen LogP contribution in [0.3, 0.4) is 0 Å². The number of guanidine groups is 1. The second-order valence-electron chi connectivity index (χ2n) is 7.00. The van der Waals surface area contributed by atoms with Crippen molar-refractivity contribution in [1.29, 1.82) is 0 Å². The number of halogens is 2. The third-order valence-corrected chi connectivity index (χ3v) is 6.11. The number of aromatic nitrogens is 1. The van der Waals surface area contributed by atoms with E-state index in [0.717, 1.165) is 43.4 Å². The molecule has 1 aromatic carbocycles. The topological polar surface area (TPSA) is 86.7 Å². The van der Waals surface area contributed by atoms with Crippen LogP contribution >= 0.6 is 35.6 Å². The molecule has 0 radical (unpaired) electrons. The predicted octanol–water partition coefficient (Wildman–Crippen LogP) is 3.09. The van der Waals surface area contributed by atoms with Gasteiger partial charge in [0.15, 0.2) is 15.8 Å². The van der Waals surface area contributed by atoms with E-state index in [-0.39, 0.29) is 30.0 Å². The quantitative estimate of drug-likeness (QED) is 0.319. The standard InChI is InChI=1S/C20H26ClN5O2S.HI/c1-3-22-20(24-13-15-6-8-17(9-7-15)29(2,27)28)25-16-10-12-26(14-16)19-18(21)5-4-11-23-19;/h4-9,11,16H,3,10,12-14H2,1-2H3,(H2,22,24,25);1H. The maximum Gasteiger partial charge on any atom is 0.191 e. The molecule has 0 amide bonds. The number of pyridine rings is 1. The normalized spacial score (nSPS) is 16.8. The second kappa shape index (κ2) is 11.1. The Morgan fingerprint density at radius 3 is 2.67 bits per heavy atom. The molecule has 1 unspecified atom stereocenters. The van der Waals surface area contributed by atoms with Crippen molar-refractivity contribution in [3.63, 3.8) is 0 Å². The minimum absolute atomic E-state index is 0. The average molecular weight is 564 g/mol. The third kappa shape index (κ3) is 6.71. The molecular weight excluding hydrogens is 537 g/mol. The Labute approximate surface area is 200 Å². The third-order valence-electron chi connectivity index (χ3n) is 4.68. The molecule has 0 spiro atoms. The van der Waals surface area contributed by atoms with E-state index < -0.39 is 9.84 Å². The molecule has 2 heterocycles. The van der Waals surface area contributed by atoms with Gasteiger partial charge in [-0.3, -0.25) is 0 Å². The molecule has 2 aromatic rings. The molecule has 1 atom stereocenters. The number of benzene rings is 1. The SMILES string of the molecule is CCNC(=NCc1ccc(S(C)(=O)=O)cc1)NC1CCN(c2ncccc2Cl)C1.I. The van der Waals surface area contributed by atoms with Crippen LogP contribution in [0.4, 0.5) is 5.82 Å². The lowest BCUT2D eigenvalue weighted by Crippen LogP contribution is -2.44. The van der Waals surface area contributed by atoms with E-state index in [9.17, 15) is 8.42 Å². The van der Waals surface area contributed by atoms with Crippen LogP contribution in [-0.2, 0) is 16.4 Å². The minimum Gasteiger partial charge on any atom is -0.357 e. The van der Waals surface area contributed by atoms with Crippen molar-refractivity contribution >= 4 is 57.2 Å². The molecule has 7 nitrogen and oxygen atoms in total. The molecule has 1 aliphatic heterocycles. The molecule has 2 N–H and O–H groups in total. The Hall–Kier alpha value is -1.59. The number of aliphatic imine (C=N–C) groups is 1. The number of rotatable bonds is 6. The summed E-state index contributed by atoms with van der Waals surface area (Å²) in [7, 11) is -3.19. The van der Waals surface area contributed by atoms with Gasteiger partial charge in [0, 0.05) is 38.1 Å². The van der Waals surface area contributed by atoms with E-state index in [1.807, 2.05) is 19.1 Å². The maximum atomic E-state index is 11.6. The van der Waals surface area contributed by atoms with Gasteiger partial charge >= 0.3 is 0 Å². The van der Waals surface area contributed by atoms with Crippen LogP contribution < -0.4 is 15.5 Å². The van der Waals surface area contributed by atoms with Crippen molar-refractivity contribution in [2.24, 2.45) is 4.99 Å². The lowest BCUT2D eigenvalue weighted by molar-refractivity contribution is 0.602. The largest absolute Gasteiger partial charge is 0.357 e. The van der Waals surface area contributed by atoms with Crippen molar-refractivity contribution in [3.8, 4) is 0 Å². The summed E-state index contributed by atoms with van der Waals surface area (Å²) < 4.78 is 23.1. The minimum atomic E-state index is -3.19. The number of anilines is 1. The summed E-state index contributed by atoms with van der Waals surface area (Å²) in [4.78, 5) is 11.5. The highest BCUT2D eigenvalue weighted by atomic mass is 127. The lowest BCUT2D eigenvalue weighted by Gasteiger charge is -2.20. The van der Waals surface area contributed by atoms with Gasteiger partial charge in [-0.25, -0.2) is 18.4 Å². The molecule has 164 valence electrons. The first-order valence-corrected chi connectivity index (χ1v) is 11.8. The van der Waals surface area contributed by atoms with Crippen LogP contribution in [0.15, 0.2) is 52.5 Å². The number of sulfone groups is 1. The number of nitrogens with zero attached hydrogens (tertiary/aromatic N) is 3. The van der Waals surface area contributed by atoms with Crippen molar-refractivity contribution in [2.45, 2.75) is 30.8 Å². The van der Waals surface area contributed by atoms with Gasteiger partial charge < -0.3 is 15.5 Å². The summed E-state index contributed by atoms with van der Waals surface area (Å²) in [5.74, 6) is 1.55. The molecule has 1 saturated heterocycles. The van der Waals surface area contributed by atoms with Crippen LogP contribution in [0.1, 0.15) is 18.9 Å². The Balaban J connectivity index is 0.00000320. The molecule has 1 fully saturated rings. The molecule has 3 rings (SSSR count). The molecule has 0 saturated carbocycles. The van der Waals surface area contributed by atoms with Crippen molar-refractivity contribution in [1.82, 2.24) is 15.6 Å².